The van der Waals surface area contributed by atoms with Gasteiger partial charge in [0, 0.05) is 11.6 Å². The third kappa shape index (κ3) is 2.48. The highest BCUT2D eigenvalue weighted by Gasteiger charge is 2.55. The van der Waals surface area contributed by atoms with Crippen LogP contribution < -0.4 is 0 Å². The summed E-state index contributed by atoms with van der Waals surface area (Å²) in [6.07, 6.45) is 1.06. The minimum absolute atomic E-state index is 0.0771. The molecule has 10 heteroatoms. The summed E-state index contributed by atoms with van der Waals surface area (Å²) in [6.45, 7) is 3.24. The van der Waals surface area contributed by atoms with Gasteiger partial charge in [0.25, 0.3) is 11.4 Å². The Labute approximate surface area is 151 Å². The van der Waals surface area contributed by atoms with E-state index in [1.807, 2.05) is 0 Å². The number of aliphatic hydroxyl groups excluding tert-OH is 1. The summed E-state index contributed by atoms with van der Waals surface area (Å²) in [5.74, 6) is -7.04. The van der Waals surface area contributed by atoms with Gasteiger partial charge in [0.2, 0.25) is 0 Å². The van der Waals surface area contributed by atoms with E-state index in [0.717, 1.165) is 18.2 Å². The Balaban J connectivity index is 2.38. The second-order valence-corrected chi connectivity index (χ2v) is 6.62. The van der Waals surface area contributed by atoms with E-state index in [4.69, 9.17) is 0 Å². The molecule has 0 radical (unpaired) electrons. The number of aliphatic hydroxyl groups is 1. The number of allylic oxidation sites excluding steroid dienone is 4. The Morgan fingerprint density at radius 1 is 0.963 bits per heavy atom. The van der Waals surface area contributed by atoms with E-state index in [1.165, 1.54) is 0 Å². The molecule has 2 unspecified atom stereocenters. The van der Waals surface area contributed by atoms with Crippen molar-refractivity contribution < 1.29 is 29.6 Å². The first kappa shape index (κ1) is 18.2. The van der Waals surface area contributed by atoms with Gasteiger partial charge in [0.1, 0.15) is 28.9 Å². The van der Waals surface area contributed by atoms with Gasteiger partial charge in [0.15, 0.2) is 11.6 Å². The number of fused-ring (bicyclic) bond motifs is 2. The molecule has 0 bridgehead atoms. The fourth-order valence-electron chi connectivity index (χ4n) is 3.62. The molecule has 0 heterocycles. The SMILES string of the molecule is CC(C)C1=C([N+](=O)[O-])C2C(=O)c3c(O)ccc([N+](=O)[O-])c3C(=O)C2C(O)=C1. The van der Waals surface area contributed by atoms with Crippen LogP contribution in [0, 0.1) is 38.0 Å². The van der Waals surface area contributed by atoms with Crippen LogP contribution in [0.1, 0.15) is 34.6 Å². The van der Waals surface area contributed by atoms with Crippen LogP contribution in [0.15, 0.2) is 35.2 Å². The molecule has 10 nitrogen and oxygen atoms in total. The second-order valence-electron chi connectivity index (χ2n) is 6.62. The number of aromatic hydroxyl groups is 1. The zero-order valence-electron chi connectivity index (χ0n) is 14.2. The van der Waals surface area contributed by atoms with E-state index in [0.29, 0.717) is 0 Å². The monoisotopic (exact) mass is 374 g/mol. The largest absolute Gasteiger partial charge is 0.511 e. The number of nitrogens with zero attached hydrogens (tertiary/aromatic N) is 2. The molecule has 2 N–H and O–H groups in total. The van der Waals surface area contributed by atoms with Gasteiger partial charge in [-0.15, -0.1) is 0 Å². The van der Waals surface area contributed by atoms with Crippen LogP contribution in [0.5, 0.6) is 5.75 Å². The van der Waals surface area contributed by atoms with Gasteiger partial charge in [-0.05, 0) is 18.1 Å². The van der Waals surface area contributed by atoms with Crippen molar-refractivity contribution in [3.63, 3.8) is 0 Å². The average molecular weight is 374 g/mol. The number of Topliss-reactive ketones (excluding diaryl/α,β-unsaturated/α-hetero) is 2. The molecule has 0 spiro atoms. The van der Waals surface area contributed by atoms with E-state index in [-0.39, 0.29) is 5.57 Å². The third-order valence-corrected chi connectivity index (χ3v) is 4.78. The summed E-state index contributed by atoms with van der Waals surface area (Å²) in [5, 5.41) is 43.3. The number of phenols is 1. The Morgan fingerprint density at radius 2 is 1.56 bits per heavy atom. The van der Waals surface area contributed by atoms with Crippen LogP contribution in [0.25, 0.3) is 0 Å². The maximum absolute atomic E-state index is 13.0. The summed E-state index contributed by atoms with van der Waals surface area (Å²) < 4.78 is 0. The van der Waals surface area contributed by atoms with Crippen molar-refractivity contribution in [3.05, 3.63) is 66.6 Å². The summed E-state index contributed by atoms with van der Waals surface area (Å²) in [4.78, 5) is 47.2. The molecule has 0 aliphatic heterocycles. The molecule has 2 aliphatic rings. The molecule has 0 fully saturated rings. The van der Waals surface area contributed by atoms with Crippen molar-refractivity contribution in [2.45, 2.75) is 13.8 Å². The number of phenolic OH excluding ortho intramolecular Hbond substituents is 1. The van der Waals surface area contributed by atoms with Gasteiger partial charge < -0.3 is 10.2 Å². The minimum atomic E-state index is -1.67. The first-order valence-corrected chi connectivity index (χ1v) is 7.95. The first-order chi connectivity index (χ1) is 12.6. The quantitative estimate of drug-likeness (QED) is 0.602. The predicted octanol–water partition coefficient (Wildman–Crippen LogP) is 2.55. The number of rotatable bonds is 3. The van der Waals surface area contributed by atoms with E-state index in [2.05, 4.69) is 0 Å². The van der Waals surface area contributed by atoms with Crippen molar-refractivity contribution in [2.24, 2.45) is 17.8 Å². The molecule has 140 valence electrons. The molecule has 0 saturated carbocycles. The highest BCUT2D eigenvalue weighted by molar-refractivity contribution is 6.21. The molecular formula is C17H14N2O8. The maximum atomic E-state index is 13.0. The van der Waals surface area contributed by atoms with Crippen LogP contribution >= 0.6 is 0 Å². The fraction of sp³-hybridized carbons (Fsp3) is 0.294. The molecular weight excluding hydrogens is 360 g/mol. The number of carbonyl (C=O) groups is 2. The van der Waals surface area contributed by atoms with Gasteiger partial charge in [-0.3, -0.25) is 29.8 Å². The Bertz CT molecular complexity index is 989. The number of benzene rings is 1. The molecule has 0 amide bonds. The normalized spacial score (nSPS) is 21.7. The number of nitro benzene ring substituents is 1. The Kier molecular flexibility index (Phi) is 4.06. The van der Waals surface area contributed by atoms with Crippen LogP contribution in [0.2, 0.25) is 0 Å². The van der Waals surface area contributed by atoms with Crippen LogP contribution in [-0.2, 0) is 0 Å². The molecule has 2 aliphatic carbocycles. The summed E-state index contributed by atoms with van der Waals surface area (Å²) in [6, 6.07) is 1.76. The molecule has 3 rings (SSSR count). The van der Waals surface area contributed by atoms with Gasteiger partial charge in [-0.2, -0.15) is 0 Å². The smallest absolute Gasteiger partial charge is 0.281 e. The Morgan fingerprint density at radius 3 is 2.07 bits per heavy atom. The first-order valence-electron chi connectivity index (χ1n) is 7.95. The van der Waals surface area contributed by atoms with Crippen molar-refractivity contribution in [3.8, 4) is 5.75 Å². The Hall–Kier alpha value is -3.56. The highest BCUT2D eigenvalue weighted by atomic mass is 16.6. The lowest BCUT2D eigenvalue weighted by Gasteiger charge is -2.32. The number of nitro groups is 2. The van der Waals surface area contributed by atoms with Crippen molar-refractivity contribution in [1.82, 2.24) is 0 Å². The lowest BCUT2D eigenvalue weighted by Crippen LogP contribution is -2.43. The van der Waals surface area contributed by atoms with Crippen molar-refractivity contribution in [1.29, 1.82) is 0 Å². The zero-order valence-corrected chi connectivity index (χ0v) is 14.2. The lowest BCUT2D eigenvalue weighted by atomic mass is 9.67. The van der Waals surface area contributed by atoms with E-state index in [9.17, 15) is 40.0 Å². The fourth-order valence-corrected chi connectivity index (χ4v) is 3.62. The van der Waals surface area contributed by atoms with Crippen LogP contribution in [0.4, 0.5) is 5.69 Å². The van der Waals surface area contributed by atoms with E-state index >= 15 is 0 Å². The summed E-state index contributed by atoms with van der Waals surface area (Å²) in [5.41, 5.74) is -2.47. The molecule has 27 heavy (non-hydrogen) atoms. The molecule has 2 atom stereocenters. The number of carbonyl (C=O) groups excluding carboxylic acids is 2. The number of ketones is 2. The molecule has 1 aromatic rings. The van der Waals surface area contributed by atoms with Crippen LogP contribution in [-0.4, -0.2) is 31.6 Å². The van der Waals surface area contributed by atoms with Gasteiger partial charge in [-0.1, -0.05) is 13.8 Å². The average Bonchev–Trinajstić information content (AvgIpc) is 2.57. The predicted molar refractivity (Wildman–Crippen MR) is 90.0 cm³/mol. The summed E-state index contributed by atoms with van der Waals surface area (Å²) in [7, 11) is 0. The maximum Gasteiger partial charge on any atom is 0.281 e. The standard InChI is InChI=1S/C17H14N2O8/c1-6(2)7-5-10(21)13-14(15(7)19(26)27)17(23)12-9(20)4-3-8(18(24)25)11(12)16(13)22/h3-6,13-14,20-21H,1-2H3. The second kappa shape index (κ2) is 6.01. The molecule has 0 aromatic heterocycles. The van der Waals surface area contributed by atoms with E-state index < -0.39 is 73.2 Å². The zero-order chi connectivity index (χ0) is 20.2. The van der Waals surface area contributed by atoms with Gasteiger partial charge >= 0.3 is 0 Å². The van der Waals surface area contributed by atoms with E-state index in [1.54, 1.807) is 13.8 Å². The van der Waals surface area contributed by atoms with Crippen molar-refractivity contribution in [2.75, 3.05) is 0 Å². The topological polar surface area (TPSA) is 161 Å². The van der Waals surface area contributed by atoms with Crippen molar-refractivity contribution >= 4 is 17.3 Å². The highest BCUT2D eigenvalue weighted by Crippen LogP contribution is 2.47. The number of hydrogen-bond donors (Lipinski definition) is 2. The lowest BCUT2D eigenvalue weighted by molar-refractivity contribution is -0.434. The van der Waals surface area contributed by atoms with Crippen LogP contribution in [0.3, 0.4) is 0 Å². The molecule has 1 aromatic carbocycles. The number of hydrogen-bond acceptors (Lipinski definition) is 8. The van der Waals surface area contributed by atoms with Gasteiger partial charge in [-0.25, -0.2) is 0 Å². The third-order valence-electron chi connectivity index (χ3n) is 4.78. The summed E-state index contributed by atoms with van der Waals surface area (Å²) >= 11 is 0. The minimum Gasteiger partial charge on any atom is -0.511 e. The van der Waals surface area contributed by atoms with Gasteiger partial charge in [0.05, 0.1) is 15.4 Å². The molecule has 0 saturated heterocycles.